The highest BCUT2D eigenvalue weighted by atomic mass is 16.6. The lowest BCUT2D eigenvalue weighted by Gasteiger charge is -2.32. The summed E-state index contributed by atoms with van der Waals surface area (Å²) < 4.78 is 11.2. The summed E-state index contributed by atoms with van der Waals surface area (Å²) in [6.07, 6.45) is 7.68. The third kappa shape index (κ3) is 7.67. The zero-order valence-electron chi connectivity index (χ0n) is 29.9. The minimum Gasteiger partial charge on any atom is -0.496 e. The van der Waals surface area contributed by atoms with E-state index in [2.05, 4.69) is 5.32 Å². The number of nitrogens with one attached hydrogen (secondary N) is 1. The van der Waals surface area contributed by atoms with Gasteiger partial charge < -0.3 is 29.7 Å². The number of hydrogen-bond donors (Lipinski definition) is 2. The lowest BCUT2D eigenvalue weighted by Crippen LogP contribution is -2.56. The molecule has 2 aromatic carbocycles. The van der Waals surface area contributed by atoms with Crippen molar-refractivity contribution in [2.75, 3.05) is 26.7 Å². The zero-order chi connectivity index (χ0) is 36.5. The molecule has 0 radical (unpaired) electrons. The second-order valence-corrected chi connectivity index (χ2v) is 15.5. The Kier molecular flexibility index (Phi) is 10.3. The number of rotatable bonds is 6. The number of carboxylic acid groups (broad SMARTS) is 1. The van der Waals surface area contributed by atoms with Crippen LogP contribution in [0.1, 0.15) is 76.1 Å². The second kappa shape index (κ2) is 14.5. The van der Waals surface area contributed by atoms with Gasteiger partial charge in [0.15, 0.2) is 0 Å². The summed E-state index contributed by atoms with van der Waals surface area (Å²) in [5.74, 6) is -3.65. The smallest absolute Gasteiger partial charge is 0.330 e. The molecule has 3 aliphatic heterocycles. The van der Waals surface area contributed by atoms with Gasteiger partial charge in [-0.05, 0) is 70.2 Å². The summed E-state index contributed by atoms with van der Waals surface area (Å²) in [6.45, 7) is 6.11. The number of methoxy groups -OCH3 is 1. The molecular weight excluding hydrogens is 650 g/mol. The molecule has 272 valence electrons. The maximum Gasteiger partial charge on any atom is 0.330 e. The molecule has 2 N–H and O–H groups in total. The normalized spacial score (nSPS) is 28.7. The fourth-order valence-electron chi connectivity index (χ4n) is 8.12. The summed E-state index contributed by atoms with van der Waals surface area (Å²) in [5, 5.41) is 13.1. The quantitative estimate of drug-likeness (QED) is 0.314. The van der Waals surface area contributed by atoms with Crippen molar-refractivity contribution >= 4 is 29.7 Å². The highest BCUT2D eigenvalue weighted by Crippen LogP contribution is 2.46. The number of carbonyl (C=O) groups excluding carboxylic acids is 4. The Balaban J connectivity index is 1.29. The molecule has 3 fully saturated rings. The standard InChI is InChI=1S/C40H49N3O8/c1-39(2,3)51-33(44)20-26-15-9-6-5-7-12-16-29-21-40(29,38(48)49)41-35(45)34-31-24-42(22-28(31)23-43(34)37(26)47)36(46)27-17-18-32(50-4)30(19-27)25-13-10-8-11-14-25/h8,10-14,16-19,26,28-29,31,34H,5-7,9,15,20-24H2,1-4H3,(H,41,45)(H,48,49)/b16-12-/t26-,28-,29+,31-,34-,40+/m0/s1. The van der Waals surface area contributed by atoms with Crippen LogP contribution in [0.25, 0.3) is 11.1 Å². The Morgan fingerprint density at radius 1 is 1.00 bits per heavy atom. The number of allylic oxidation sites excluding steroid dienone is 1. The first-order valence-corrected chi connectivity index (χ1v) is 18.1. The van der Waals surface area contributed by atoms with Crippen LogP contribution in [-0.2, 0) is 23.9 Å². The van der Waals surface area contributed by atoms with Gasteiger partial charge >= 0.3 is 11.9 Å². The van der Waals surface area contributed by atoms with Gasteiger partial charge in [-0.25, -0.2) is 4.79 Å². The highest BCUT2D eigenvalue weighted by molar-refractivity contribution is 5.98. The minimum atomic E-state index is -1.44. The molecule has 2 saturated heterocycles. The number of hydrogen-bond acceptors (Lipinski definition) is 7. The first-order chi connectivity index (χ1) is 24.3. The van der Waals surface area contributed by atoms with Gasteiger partial charge in [-0.1, -0.05) is 55.3 Å². The van der Waals surface area contributed by atoms with E-state index in [1.807, 2.05) is 48.6 Å². The minimum absolute atomic E-state index is 0.108. The maximum atomic E-state index is 14.4. The van der Waals surface area contributed by atoms with Gasteiger partial charge in [0.05, 0.1) is 13.5 Å². The summed E-state index contributed by atoms with van der Waals surface area (Å²) in [7, 11) is 1.59. The van der Waals surface area contributed by atoms with Crippen LogP contribution >= 0.6 is 0 Å². The Hall–Kier alpha value is -4.67. The molecule has 3 heterocycles. The van der Waals surface area contributed by atoms with Crippen LogP contribution in [0.3, 0.4) is 0 Å². The predicted molar refractivity (Wildman–Crippen MR) is 190 cm³/mol. The molecule has 51 heavy (non-hydrogen) atoms. The van der Waals surface area contributed by atoms with Gasteiger partial charge in [-0.3, -0.25) is 19.2 Å². The van der Waals surface area contributed by atoms with Gasteiger partial charge in [0.2, 0.25) is 11.8 Å². The van der Waals surface area contributed by atoms with Crippen LogP contribution in [-0.4, -0.2) is 88.5 Å². The molecule has 11 heteroatoms. The van der Waals surface area contributed by atoms with Gasteiger partial charge in [-0.2, -0.15) is 0 Å². The number of fused-ring (bicyclic) bond motifs is 4. The van der Waals surface area contributed by atoms with Gasteiger partial charge in [0.1, 0.15) is 22.9 Å². The van der Waals surface area contributed by atoms with Crippen molar-refractivity contribution in [2.45, 2.75) is 82.9 Å². The number of carboxylic acids is 1. The summed E-state index contributed by atoms with van der Waals surface area (Å²) >= 11 is 0. The molecule has 11 nitrogen and oxygen atoms in total. The molecule has 6 rings (SSSR count). The second-order valence-electron chi connectivity index (χ2n) is 15.5. The largest absolute Gasteiger partial charge is 0.496 e. The summed E-state index contributed by atoms with van der Waals surface area (Å²) in [6, 6.07) is 14.0. The zero-order valence-corrected chi connectivity index (χ0v) is 29.9. The molecule has 3 amide bonds. The van der Waals surface area contributed by atoms with E-state index in [0.717, 1.165) is 36.8 Å². The molecule has 6 atom stereocenters. The van der Waals surface area contributed by atoms with Gasteiger partial charge in [0, 0.05) is 54.4 Å². The third-order valence-electron chi connectivity index (χ3n) is 10.8. The molecule has 4 aliphatic rings. The Morgan fingerprint density at radius 2 is 1.76 bits per heavy atom. The fourth-order valence-corrected chi connectivity index (χ4v) is 8.12. The number of aliphatic carboxylic acids is 1. The Bertz CT molecular complexity index is 1700. The Labute approximate surface area is 299 Å². The lowest BCUT2D eigenvalue weighted by atomic mass is 9.92. The van der Waals surface area contributed by atoms with E-state index in [0.29, 0.717) is 24.3 Å². The number of amides is 3. The molecule has 2 aromatic rings. The van der Waals surface area contributed by atoms with E-state index in [-0.39, 0.29) is 49.6 Å². The van der Waals surface area contributed by atoms with Crippen LogP contribution in [0, 0.1) is 23.7 Å². The van der Waals surface area contributed by atoms with Crippen molar-refractivity contribution < 1.29 is 38.6 Å². The van der Waals surface area contributed by atoms with E-state index < -0.39 is 46.9 Å². The van der Waals surface area contributed by atoms with Gasteiger partial charge in [-0.15, -0.1) is 0 Å². The number of nitrogens with zero attached hydrogens (tertiary/aromatic N) is 2. The monoisotopic (exact) mass is 699 g/mol. The van der Waals surface area contributed by atoms with E-state index in [1.54, 1.807) is 49.8 Å². The summed E-state index contributed by atoms with van der Waals surface area (Å²) in [5.41, 5.74) is 0.00701. The fraction of sp³-hybridized carbons (Fsp3) is 0.525. The van der Waals surface area contributed by atoms with Crippen molar-refractivity contribution in [2.24, 2.45) is 23.7 Å². The SMILES string of the molecule is COc1ccc(C(=O)N2C[C@H]3CN4C(=O)[C@H](CC(=O)OC(C)(C)C)CCCCC/C=C\[C@@H]5C[C@@]5(C(=O)O)NC(=O)[C@@H]4[C@H]3C2)cc1-c1ccccc1. The van der Waals surface area contributed by atoms with Crippen molar-refractivity contribution in [3.63, 3.8) is 0 Å². The molecule has 0 bridgehead atoms. The highest BCUT2D eigenvalue weighted by Gasteiger charge is 2.62. The van der Waals surface area contributed by atoms with Crippen molar-refractivity contribution in [3.05, 3.63) is 66.2 Å². The number of ether oxygens (including phenoxy) is 2. The van der Waals surface area contributed by atoms with E-state index in [1.165, 1.54) is 0 Å². The molecule has 0 spiro atoms. The Morgan fingerprint density at radius 3 is 2.47 bits per heavy atom. The molecule has 1 saturated carbocycles. The molecule has 1 aliphatic carbocycles. The average molecular weight is 700 g/mol. The van der Waals surface area contributed by atoms with Crippen LogP contribution in [0.4, 0.5) is 0 Å². The number of likely N-dealkylation sites (tertiary alicyclic amines) is 1. The number of carbonyl (C=O) groups is 5. The third-order valence-corrected chi connectivity index (χ3v) is 10.8. The average Bonchev–Trinajstić information content (AvgIpc) is 3.44. The molecule has 0 aromatic heterocycles. The maximum absolute atomic E-state index is 14.4. The van der Waals surface area contributed by atoms with Gasteiger partial charge in [0.25, 0.3) is 5.91 Å². The predicted octanol–water partition coefficient (Wildman–Crippen LogP) is 5.09. The van der Waals surface area contributed by atoms with E-state index >= 15 is 0 Å². The van der Waals surface area contributed by atoms with Crippen LogP contribution in [0.2, 0.25) is 0 Å². The first-order valence-electron chi connectivity index (χ1n) is 18.1. The van der Waals surface area contributed by atoms with E-state index in [4.69, 9.17) is 9.47 Å². The van der Waals surface area contributed by atoms with Crippen LogP contribution < -0.4 is 10.1 Å². The van der Waals surface area contributed by atoms with Crippen molar-refractivity contribution in [3.8, 4) is 16.9 Å². The van der Waals surface area contributed by atoms with Crippen molar-refractivity contribution in [1.29, 1.82) is 0 Å². The number of esters is 1. The van der Waals surface area contributed by atoms with Crippen LogP contribution in [0.15, 0.2) is 60.7 Å². The van der Waals surface area contributed by atoms with E-state index in [9.17, 15) is 29.1 Å². The molecule has 0 unspecified atom stereocenters. The lowest BCUT2D eigenvalue weighted by molar-refractivity contribution is -0.159. The molecular formula is C40H49N3O8. The topological polar surface area (TPSA) is 143 Å². The summed E-state index contributed by atoms with van der Waals surface area (Å²) in [4.78, 5) is 71.6. The first kappa shape index (κ1) is 36.1. The van der Waals surface area contributed by atoms with Crippen molar-refractivity contribution in [1.82, 2.24) is 15.1 Å². The van der Waals surface area contributed by atoms with Crippen LogP contribution in [0.5, 0.6) is 5.75 Å². The number of benzene rings is 2.